The molecule has 1 amide bonds. The SMILES string of the molecule is CS(=O)(=O)N1CCC(Nc2cc(NC3CCCC3)c(C(N)=O)cn2)CC1. The van der Waals surface area contributed by atoms with E-state index in [2.05, 4.69) is 15.6 Å². The molecule has 0 spiro atoms. The average Bonchev–Trinajstić information content (AvgIpc) is 3.07. The topological polar surface area (TPSA) is 117 Å². The van der Waals surface area contributed by atoms with Gasteiger partial charge >= 0.3 is 0 Å². The summed E-state index contributed by atoms with van der Waals surface area (Å²) < 4.78 is 24.7. The van der Waals surface area contributed by atoms with Gasteiger partial charge in [0.1, 0.15) is 5.82 Å². The number of nitrogens with zero attached hydrogens (tertiary/aromatic N) is 2. The Balaban J connectivity index is 1.67. The van der Waals surface area contributed by atoms with E-state index in [9.17, 15) is 13.2 Å². The molecular formula is C17H27N5O3S. The quantitative estimate of drug-likeness (QED) is 0.685. The molecule has 0 radical (unpaired) electrons. The first-order valence-electron chi connectivity index (χ1n) is 9.11. The molecule has 0 unspecified atom stereocenters. The third-order valence-electron chi connectivity index (χ3n) is 5.16. The number of pyridine rings is 1. The molecule has 1 aromatic heterocycles. The lowest BCUT2D eigenvalue weighted by Crippen LogP contribution is -2.41. The van der Waals surface area contributed by atoms with Gasteiger partial charge < -0.3 is 16.4 Å². The number of piperidine rings is 1. The van der Waals surface area contributed by atoms with Crippen LogP contribution in [0, 0.1) is 0 Å². The highest BCUT2D eigenvalue weighted by Crippen LogP contribution is 2.26. The van der Waals surface area contributed by atoms with Crippen LogP contribution >= 0.6 is 0 Å². The number of nitrogens with two attached hydrogens (primary N) is 1. The van der Waals surface area contributed by atoms with Gasteiger partial charge in [-0.2, -0.15) is 0 Å². The zero-order valence-corrected chi connectivity index (χ0v) is 15.9. The molecule has 3 rings (SSSR count). The zero-order chi connectivity index (χ0) is 18.7. The minimum Gasteiger partial charge on any atom is -0.382 e. The molecule has 144 valence electrons. The summed E-state index contributed by atoms with van der Waals surface area (Å²) in [7, 11) is -3.13. The van der Waals surface area contributed by atoms with Crippen LogP contribution in [-0.2, 0) is 10.0 Å². The summed E-state index contributed by atoms with van der Waals surface area (Å²) in [6, 6.07) is 2.35. The van der Waals surface area contributed by atoms with E-state index in [1.165, 1.54) is 29.6 Å². The van der Waals surface area contributed by atoms with Gasteiger partial charge in [0.15, 0.2) is 0 Å². The number of primary amides is 1. The van der Waals surface area contributed by atoms with Crippen LogP contribution in [0.3, 0.4) is 0 Å². The highest BCUT2D eigenvalue weighted by Gasteiger charge is 2.25. The summed E-state index contributed by atoms with van der Waals surface area (Å²) in [5.41, 5.74) is 6.59. The van der Waals surface area contributed by atoms with Crippen molar-refractivity contribution in [2.24, 2.45) is 5.73 Å². The Morgan fingerprint density at radius 1 is 1.15 bits per heavy atom. The maximum absolute atomic E-state index is 11.7. The Morgan fingerprint density at radius 3 is 2.35 bits per heavy atom. The van der Waals surface area contributed by atoms with Gasteiger partial charge in [-0.3, -0.25) is 4.79 Å². The Hall–Kier alpha value is -1.87. The van der Waals surface area contributed by atoms with Crippen LogP contribution in [0.5, 0.6) is 0 Å². The van der Waals surface area contributed by atoms with Crippen molar-refractivity contribution in [1.82, 2.24) is 9.29 Å². The van der Waals surface area contributed by atoms with Gasteiger partial charge in [0, 0.05) is 37.4 Å². The predicted molar refractivity (Wildman–Crippen MR) is 102 cm³/mol. The monoisotopic (exact) mass is 381 g/mol. The van der Waals surface area contributed by atoms with E-state index >= 15 is 0 Å². The fourth-order valence-corrected chi connectivity index (χ4v) is 4.56. The number of amides is 1. The molecule has 1 aromatic rings. The fourth-order valence-electron chi connectivity index (χ4n) is 3.68. The van der Waals surface area contributed by atoms with Crippen LogP contribution in [0.15, 0.2) is 12.3 Å². The van der Waals surface area contributed by atoms with Crippen molar-refractivity contribution >= 4 is 27.4 Å². The summed E-state index contributed by atoms with van der Waals surface area (Å²) in [5, 5.41) is 6.79. The molecule has 2 fully saturated rings. The number of hydrogen-bond donors (Lipinski definition) is 3. The number of nitrogens with one attached hydrogen (secondary N) is 2. The number of anilines is 2. The standard InChI is InChI=1S/C17H27N5O3S/c1-26(24,25)22-8-6-13(7-9-22)21-16-10-15(14(11-19-16)17(18)23)20-12-4-2-3-5-12/h10-13H,2-9H2,1H3,(H2,18,23)(H2,19,20,21). The number of hydrogen-bond acceptors (Lipinski definition) is 6. The lowest BCUT2D eigenvalue weighted by atomic mass is 10.1. The zero-order valence-electron chi connectivity index (χ0n) is 15.1. The second kappa shape index (κ2) is 7.79. The molecule has 2 heterocycles. The summed E-state index contributed by atoms with van der Waals surface area (Å²) in [6.45, 7) is 1.01. The number of rotatable bonds is 6. The van der Waals surface area contributed by atoms with Gasteiger partial charge in [-0.25, -0.2) is 17.7 Å². The first kappa shape index (κ1) is 18.9. The van der Waals surface area contributed by atoms with Crippen molar-refractivity contribution in [3.05, 3.63) is 17.8 Å². The fraction of sp³-hybridized carbons (Fsp3) is 0.647. The molecular weight excluding hydrogens is 354 g/mol. The summed E-state index contributed by atoms with van der Waals surface area (Å²) in [4.78, 5) is 16.0. The van der Waals surface area contributed by atoms with Gasteiger partial charge in [0.2, 0.25) is 10.0 Å². The smallest absolute Gasteiger partial charge is 0.252 e. The molecule has 0 bridgehead atoms. The van der Waals surface area contributed by atoms with Crippen molar-refractivity contribution in [1.29, 1.82) is 0 Å². The first-order valence-corrected chi connectivity index (χ1v) is 11.0. The van der Waals surface area contributed by atoms with Gasteiger partial charge in [-0.1, -0.05) is 12.8 Å². The molecule has 0 atom stereocenters. The van der Waals surface area contributed by atoms with Crippen molar-refractivity contribution in [2.75, 3.05) is 30.0 Å². The number of carbonyl (C=O) groups is 1. The third-order valence-corrected chi connectivity index (χ3v) is 6.46. The lowest BCUT2D eigenvalue weighted by molar-refractivity contribution is 0.100. The normalized spacial score (nSPS) is 20.2. The van der Waals surface area contributed by atoms with Crippen LogP contribution in [0.25, 0.3) is 0 Å². The molecule has 26 heavy (non-hydrogen) atoms. The van der Waals surface area contributed by atoms with E-state index in [4.69, 9.17) is 5.73 Å². The summed E-state index contributed by atoms with van der Waals surface area (Å²) >= 11 is 0. The van der Waals surface area contributed by atoms with Crippen molar-refractivity contribution in [3.63, 3.8) is 0 Å². The molecule has 9 heteroatoms. The van der Waals surface area contributed by atoms with Gasteiger partial charge in [0.25, 0.3) is 5.91 Å². The highest BCUT2D eigenvalue weighted by molar-refractivity contribution is 7.88. The first-order chi connectivity index (χ1) is 12.3. The molecule has 4 N–H and O–H groups in total. The lowest BCUT2D eigenvalue weighted by Gasteiger charge is -2.31. The maximum atomic E-state index is 11.7. The second-order valence-corrected chi connectivity index (χ2v) is 9.17. The predicted octanol–water partition coefficient (Wildman–Crippen LogP) is 1.37. The van der Waals surface area contributed by atoms with E-state index in [-0.39, 0.29) is 6.04 Å². The number of carbonyl (C=O) groups excluding carboxylic acids is 1. The average molecular weight is 382 g/mol. The van der Waals surface area contributed by atoms with E-state index in [1.807, 2.05) is 6.07 Å². The Morgan fingerprint density at radius 2 is 1.77 bits per heavy atom. The van der Waals surface area contributed by atoms with Crippen LogP contribution in [0.1, 0.15) is 48.9 Å². The van der Waals surface area contributed by atoms with Crippen LogP contribution < -0.4 is 16.4 Å². The Labute approximate surface area is 154 Å². The van der Waals surface area contributed by atoms with Crippen molar-refractivity contribution in [3.8, 4) is 0 Å². The molecule has 8 nitrogen and oxygen atoms in total. The van der Waals surface area contributed by atoms with E-state index in [0.717, 1.165) is 31.4 Å². The van der Waals surface area contributed by atoms with Crippen molar-refractivity contribution in [2.45, 2.75) is 50.6 Å². The van der Waals surface area contributed by atoms with Gasteiger partial charge in [-0.15, -0.1) is 0 Å². The molecule has 0 aromatic carbocycles. The summed E-state index contributed by atoms with van der Waals surface area (Å²) in [5.74, 6) is 0.180. The molecule has 2 aliphatic rings. The van der Waals surface area contributed by atoms with E-state index in [0.29, 0.717) is 30.5 Å². The maximum Gasteiger partial charge on any atom is 0.252 e. The largest absolute Gasteiger partial charge is 0.382 e. The minimum absolute atomic E-state index is 0.152. The highest BCUT2D eigenvalue weighted by atomic mass is 32.2. The molecule has 1 saturated carbocycles. The van der Waals surface area contributed by atoms with Crippen LogP contribution in [0.4, 0.5) is 11.5 Å². The van der Waals surface area contributed by atoms with Gasteiger partial charge in [-0.05, 0) is 25.7 Å². The van der Waals surface area contributed by atoms with Crippen LogP contribution in [-0.4, -0.2) is 55.0 Å². The molecule has 1 saturated heterocycles. The van der Waals surface area contributed by atoms with Crippen LogP contribution in [0.2, 0.25) is 0 Å². The van der Waals surface area contributed by atoms with E-state index in [1.54, 1.807) is 0 Å². The minimum atomic E-state index is -3.13. The number of aromatic nitrogens is 1. The van der Waals surface area contributed by atoms with Gasteiger partial charge in [0.05, 0.1) is 17.5 Å². The third kappa shape index (κ3) is 4.64. The second-order valence-electron chi connectivity index (χ2n) is 7.19. The molecule has 1 aliphatic heterocycles. The van der Waals surface area contributed by atoms with E-state index < -0.39 is 15.9 Å². The Bertz CT molecular complexity index is 754. The molecule has 1 aliphatic carbocycles. The summed E-state index contributed by atoms with van der Waals surface area (Å²) in [6.07, 6.45) is 8.76. The Kier molecular flexibility index (Phi) is 5.67. The van der Waals surface area contributed by atoms with Crippen molar-refractivity contribution < 1.29 is 13.2 Å². The number of sulfonamides is 1.